The molecular weight excluding hydrogens is 231 g/mol. The van der Waals surface area contributed by atoms with Gasteiger partial charge in [0.1, 0.15) is 6.54 Å². The lowest BCUT2D eigenvalue weighted by Gasteiger charge is -2.12. The highest BCUT2D eigenvalue weighted by Crippen LogP contribution is 1.96. The van der Waals surface area contributed by atoms with Crippen LogP contribution in [0.1, 0.15) is 0 Å². The predicted octanol–water partition coefficient (Wildman–Crippen LogP) is -1.45. The molecule has 2 rings (SSSR count). The Labute approximate surface area is 94.2 Å². The first-order valence-electron chi connectivity index (χ1n) is 4.86. The van der Waals surface area contributed by atoms with Crippen LogP contribution in [0.25, 0.3) is 0 Å². The fourth-order valence-corrected chi connectivity index (χ4v) is 1.41. The van der Waals surface area contributed by atoms with Crippen molar-refractivity contribution >= 4 is 12.2 Å². The van der Waals surface area contributed by atoms with Gasteiger partial charge in [0.25, 0.3) is 5.56 Å². The minimum Gasteiger partial charge on any atom is -0.300 e. The second-order valence-corrected chi connectivity index (χ2v) is 3.47. The summed E-state index contributed by atoms with van der Waals surface area (Å²) >= 11 is 0. The van der Waals surface area contributed by atoms with Crippen molar-refractivity contribution in [3.05, 3.63) is 32.9 Å². The molecule has 8 heteroatoms. The molecule has 0 unspecified atom stereocenters. The van der Waals surface area contributed by atoms with Crippen molar-refractivity contribution in [3.63, 3.8) is 0 Å². The number of H-pyrrole nitrogens is 1. The fourth-order valence-electron chi connectivity index (χ4n) is 1.41. The normalized spacial score (nSPS) is 14.3. The Morgan fingerprint density at radius 3 is 2.94 bits per heavy atom. The van der Waals surface area contributed by atoms with Gasteiger partial charge < -0.3 is 0 Å². The molecule has 1 aliphatic heterocycles. The molecule has 1 amide bonds. The summed E-state index contributed by atoms with van der Waals surface area (Å²) in [6.45, 7) is 0.624. The van der Waals surface area contributed by atoms with Gasteiger partial charge in [-0.05, 0) is 0 Å². The monoisotopic (exact) mass is 240 g/mol. The molecule has 1 N–H and O–H groups in total. The highest BCUT2D eigenvalue weighted by Gasteiger charge is 2.16. The van der Waals surface area contributed by atoms with Gasteiger partial charge in [0.05, 0.1) is 19.1 Å². The first-order valence-corrected chi connectivity index (χ1v) is 4.86. The molecule has 7 nitrogen and oxygen atoms in total. The van der Waals surface area contributed by atoms with Gasteiger partial charge in [0, 0.05) is 6.54 Å². The average Bonchev–Trinajstić information content (AvgIpc) is 2.79. The fraction of sp³-hybridized carbons (Fsp3) is 0.333. The number of carbonyl (C=O) groups is 1. The van der Waals surface area contributed by atoms with E-state index in [0.29, 0.717) is 19.3 Å². The molecule has 0 saturated carbocycles. The molecule has 2 heterocycles. The van der Waals surface area contributed by atoms with E-state index >= 15 is 0 Å². The topological polar surface area (TPSA) is 87.5 Å². The van der Waals surface area contributed by atoms with Crippen molar-refractivity contribution in [2.24, 2.45) is 4.99 Å². The maximum atomic E-state index is 12.9. The molecule has 0 spiro atoms. The van der Waals surface area contributed by atoms with Crippen LogP contribution in [0.3, 0.4) is 0 Å². The first kappa shape index (κ1) is 11.2. The van der Waals surface area contributed by atoms with Crippen molar-refractivity contribution in [3.8, 4) is 0 Å². The summed E-state index contributed by atoms with van der Waals surface area (Å²) in [5, 5.41) is 0. The Morgan fingerprint density at radius 2 is 2.29 bits per heavy atom. The number of halogens is 1. The van der Waals surface area contributed by atoms with Crippen LogP contribution in [-0.4, -0.2) is 39.8 Å². The summed E-state index contributed by atoms with van der Waals surface area (Å²) in [5.41, 5.74) is -1.91. The van der Waals surface area contributed by atoms with Crippen LogP contribution in [0.4, 0.5) is 4.39 Å². The predicted molar refractivity (Wildman–Crippen MR) is 56.4 cm³/mol. The molecule has 17 heavy (non-hydrogen) atoms. The first-order chi connectivity index (χ1) is 8.08. The number of amides is 1. The molecule has 1 aromatic rings. The summed E-state index contributed by atoms with van der Waals surface area (Å²) in [6, 6.07) is 0. The third-order valence-electron chi connectivity index (χ3n) is 2.28. The van der Waals surface area contributed by atoms with E-state index in [2.05, 4.69) is 4.99 Å². The van der Waals surface area contributed by atoms with Gasteiger partial charge in [-0.3, -0.25) is 29.0 Å². The van der Waals surface area contributed by atoms with Crippen LogP contribution in [0.15, 0.2) is 20.8 Å². The minimum absolute atomic E-state index is 0.335. The summed E-state index contributed by atoms with van der Waals surface area (Å²) in [4.78, 5) is 40.6. The van der Waals surface area contributed by atoms with E-state index in [9.17, 15) is 18.8 Å². The van der Waals surface area contributed by atoms with E-state index in [4.69, 9.17) is 0 Å². The number of aromatic amines is 1. The lowest BCUT2D eigenvalue weighted by molar-refractivity contribution is -0.127. The lowest BCUT2D eigenvalue weighted by Crippen LogP contribution is -2.38. The van der Waals surface area contributed by atoms with E-state index in [-0.39, 0.29) is 12.5 Å². The van der Waals surface area contributed by atoms with Crippen LogP contribution < -0.4 is 11.2 Å². The zero-order chi connectivity index (χ0) is 12.4. The molecule has 0 bridgehead atoms. The molecule has 0 aromatic carbocycles. The highest BCUT2D eigenvalue weighted by atomic mass is 19.1. The van der Waals surface area contributed by atoms with Gasteiger partial charge in [-0.15, -0.1) is 0 Å². The Bertz CT molecular complexity index is 589. The maximum Gasteiger partial charge on any atom is 0.328 e. The van der Waals surface area contributed by atoms with Gasteiger partial charge in [-0.1, -0.05) is 0 Å². The third-order valence-corrected chi connectivity index (χ3v) is 2.28. The van der Waals surface area contributed by atoms with E-state index in [1.165, 1.54) is 11.2 Å². The standard InChI is InChI=1S/C9H9FN4O3/c10-6-3-14(9(17)12-8(6)16)4-7(15)13-2-1-11-5-13/h3,5H,1-2,4H2,(H,12,16,17). The van der Waals surface area contributed by atoms with Crippen molar-refractivity contribution < 1.29 is 9.18 Å². The van der Waals surface area contributed by atoms with Crippen LogP contribution in [0.2, 0.25) is 0 Å². The SMILES string of the molecule is O=C(Cn1cc(F)c(=O)[nH]c1=O)N1C=NCC1. The van der Waals surface area contributed by atoms with Crippen LogP contribution in [-0.2, 0) is 11.3 Å². The number of carbonyl (C=O) groups excluding carboxylic acids is 1. The van der Waals surface area contributed by atoms with Crippen LogP contribution >= 0.6 is 0 Å². The average molecular weight is 240 g/mol. The molecule has 0 radical (unpaired) electrons. The molecule has 0 saturated heterocycles. The maximum absolute atomic E-state index is 12.9. The second-order valence-electron chi connectivity index (χ2n) is 3.47. The quantitative estimate of drug-likeness (QED) is 0.685. The highest BCUT2D eigenvalue weighted by molar-refractivity contribution is 5.88. The van der Waals surface area contributed by atoms with E-state index in [0.717, 1.165) is 4.57 Å². The van der Waals surface area contributed by atoms with Crippen molar-refractivity contribution in [1.82, 2.24) is 14.5 Å². The van der Waals surface area contributed by atoms with Gasteiger partial charge in [0.2, 0.25) is 11.7 Å². The summed E-state index contributed by atoms with van der Waals surface area (Å²) in [5.74, 6) is -1.49. The molecule has 0 atom stereocenters. The van der Waals surface area contributed by atoms with Gasteiger partial charge >= 0.3 is 5.69 Å². The lowest BCUT2D eigenvalue weighted by atomic mass is 10.4. The van der Waals surface area contributed by atoms with Crippen molar-refractivity contribution in [2.75, 3.05) is 13.1 Å². The van der Waals surface area contributed by atoms with E-state index in [1.807, 2.05) is 0 Å². The molecule has 90 valence electrons. The largest absolute Gasteiger partial charge is 0.328 e. The Balaban J connectivity index is 2.21. The second kappa shape index (κ2) is 4.32. The third kappa shape index (κ3) is 2.30. The molecule has 0 fully saturated rings. The molecule has 1 aromatic heterocycles. The zero-order valence-corrected chi connectivity index (χ0v) is 8.72. The Hall–Kier alpha value is -2.25. The van der Waals surface area contributed by atoms with Gasteiger partial charge in [-0.25, -0.2) is 4.79 Å². The van der Waals surface area contributed by atoms with Crippen LogP contribution in [0.5, 0.6) is 0 Å². The Kier molecular flexibility index (Phi) is 2.86. The minimum atomic E-state index is -1.10. The summed E-state index contributed by atoms with van der Waals surface area (Å²) < 4.78 is 13.7. The van der Waals surface area contributed by atoms with Gasteiger partial charge in [-0.2, -0.15) is 4.39 Å². The number of rotatable bonds is 2. The van der Waals surface area contributed by atoms with Crippen molar-refractivity contribution in [2.45, 2.75) is 6.54 Å². The zero-order valence-electron chi connectivity index (χ0n) is 8.72. The number of aliphatic imine (C=N–C) groups is 1. The van der Waals surface area contributed by atoms with Crippen molar-refractivity contribution in [1.29, 1.82) is 0 Å². The van der Waals surface area contributed by atoms with E-state index in [1.54, 1.807) is 4.98 Å². The molecule has 0 aliphatic carbocycles. The van der Waals surface area contributed by atoms with Crippen LogP contribution in [0, 0.1) is 5.82 Å². The number of hydrogen-bond donors (Lipinski definition) is 1. The van der Waals surface area contributed by atoms with Gasteiger partial charge in [0.15, 0.2) is 0 Å². The summed E-state index contributed by atoms with van der Waals surface area (Å²) in [6.07, 6.45) is 2.09. The number of nitrogens with one attached hydrogen (secondary N) is 1. The number of nitrogens with zero attached hydrogens (tertiary/aromatic N) is 3. The van der Waals surface area contributed by atoms with E-state index < -0.39 is 17.1 Å². The summed E-state index contributed by atoms with van der Waals surface area (Å²) in [7, 11) is 0. The molecule has 1 aliphatic rings. The smallest absolute Gasteiger partial charge is 0.300 e. The number of hydrogen-bond acceptors (Lipinski definition) is 4. The number of aromatic nitrogens is 2. The molecular formula is C9H9FN4O3. The Morgan fingerprint density at radius 1 is 1.53 bits per heavy atom.